The molecule has 1 saturated heterocycles. The molecule has 2 rings (SSSR count). The summed E-state index contributed by atoms with van der Waals surface area (Å²) in [6.07, 6.45) is 0. The number of carbonyl (C=O) groups is 1. The molecular formula is C20H33N5O2. The summed E-state index contributed by atoms with van der Waals surface area (Å²) < 4.78 is 5.42. The summed E-state index contributed by atoms with van der Waals surface area (Å²) in [4.78, 5) is 20.6. The number of rotatable bonds is 7. The molecule has 0 spiro atoms. The van der Waals surface area contributed by atoms with Crippen molar-refractivity contribution in [1.82, 2.24) is 20.4 Å². The van der Waals surface area contributed by atoms with E-state index in [0.29, 0.717) is 18.2 Å². The maximum Gasteiger partial charge on any atom is 0.253 e. The molecule has 1 aromatic carbocycles. The van der Waals surface area contributed by atoms with Crippen LogP contribution in [0.4, 0.5) is 0 Å². The molecule has 0 aromatic heterocycles. The fourth-order valence-corrected chi connectivity index (χ4v) is 2.91. The van der Waals surface area contributed by atoms with Crippen molar-refractivity contribution in [3.63, 3.8) is 0 Å². The van der Waals surface area contributed by atoms with Gasteiger partial charge in [-0.05, 0) is 31.5 Å². The molecule has 1 heterocycles. The lowest BCUT2D eigenvalue weighted by molar-refractivity contribution is 0.0211. The van der Waals surface area contributed by atoms with Gasteiger partial charge < -0.3 is 20.3 Å². The smallest absolute Gasteiger partial charge is 0.253 e. The minimum atomic E-state index is 0.0113. The normalized spacial score (nSPS) is 16.7. The first-order valence-corrected chi connectivity index (χ1v) is 9.65. The second-order valence-corrected chi connectivity index (χ2v) is 6.97. The third-order valence-electron chi connectivity index (χ3n) is 4.60. The Morgan fingerprint density at radius 1 is 1.22 bits per heavy atom. The first-order valence-electron chi connectivity index (χ1n) is 9.65. The number of benzene rings is 1. The van der Waals surface area contributed by atoms with Gasteiger partial charge in [-0.3, -0.25) is 9.69 Å². The zero-order valence-electron chi connectivity index (χ0n) is 17.0. The Morgan fingerprint density at radius 2 is 1.89 bits per heavy atom. The molecule has 1 aliphatic heterocycles. The number of nitrogens with zero attached hydrogens (tertiary/aromatic N) is 3. The number of carbonyl (C=O) groups excluding carboxylic acids is 1. The largest absolute Gasteiger partial charge is 0.379 e. The fourth-order valence-electron chi connectivity index (χ4n) is 2.91. The van der Waals surface area contributed by atoms with Crippen LogP contribution in [0.3, 0.4) is 0 Å². The fraction of sp³-hybridized carbons (Fsp3) is 0.600. The Morgan fingerprint density at radius 3 is 2.48 bits per heavy atom. The van der Waals surface area contributed by atoms with E-state index < -0.39 is 0 Å². The molecule has 150 valence electrons. The third-order valence-corrected chi connectivity index (χ3v) is 4.60. The second-order valence-electron chi connectivity index (χ2n) is 6.97. The molecule has 27 heavy (non-hydrogen) atoms. The summed E-state index contributed by atoms with van der Waals surface area (Å²) in [7, 11) is 3.51. The molecule has 1 amide bonds. The van der Waals surface area contributed by atoms with Crippen molar-refractivity contribution in [3.05, 3.63) is 35.4 Å². The molecule has 1 aromatic rings. The van der Waals surface area contributed by atoms with E-state index in [9.17, 15) is 4.79 Å². The Bertz CT molecular complexity index is 609. The van der Waals surface area contributed by atoms with Gasteiger partial charge in [0, 0.05) is 51.9 Å². The van der Waals surface area contributed by atoms with E-state index in [4.69, 9.17) is 4.74 Å². The van der Waals surface area contributed by atoms with Crippen LogP contribution in [-0.2, 0) is 11.3 Å². The van der Waals surface area contributed by atoms with Crippen LogP contribution in [0.2, 0.25) is 0 Å². The summed E-state index contributed by atoms with van der Waals surface area (Å²) in [5.41, 5.74) is 1.76. The SMILES string of the molecule is CCNC(=NCc1ccc(C(=O)N(C)C)cc1)NCC(C)N1CCOCC1. The summed E-state index contributed by atoms with van der Waals surface area (Å²) in [6.45, 7) is 10.1. The third kappa shape index (κ3) is 6.84. The molecule has 1 fully saturated rings. The van der Waals surface area contributed by atoms with Gasteiger partial charge in [-0.15, -0.1) is 0 Å². The van der Waals surface area contributed by atoms with Crippen LogP contribution >= 0.6 is 0 Å². The predicted octanol–water partition coefficient (Wildman–Crippen LogP) is 1.16. The molecule has 0 aliphatic carbocycles. The monoisotopic (exact) mass is 375 g/mol. The van der Waals surface area contributed by atoms with Gasteiger partial charge in [-0.2, -0.15) is 0 Å². The molecule has 7 nitrogen and oxygen atoms in total. The van der Waals surface area contributed by atoms with Crippen molar-refractivity contribution in [2.45, 2.75) is 26.4 Å². The maximum atomic E-state index is 12.0. The lowest BCUT2D eigenvalue weighted by Gasteiger charge is -2.32. The average Bonchev–Trinajstić information content (AvgIpc) is 2.70. The Balaban J connectivity index is 1.89. The topological polar surface area (TPSA) is 69.2 Å². The number of guanidine groups is 1. The zero-order chi connectivity index (χ0) is 19.6. The van der Waals surface area contributed by atoms with E-state index in [1.54, 1.807) is 19.0 Å². The van der Waals surface area contributed by atoms with Crippen LogP contribution in [0.5, 0.6) is 0 Å². The van der Waals surface area contributed by atoms with Gasteiger partial charge in [-0.25, -0.2) is 4.99 Å². The van der Waals surface area contributed by atoms with E-state index >= 15 is 0 Å². The first-order chi connectivity index (χ1) is 13.0. The summed E-state index contributed by atoms with van der Waals surface area (Å²) in [6, 6.07) is 8.05. The highest BCUT2D eigenvalue weighted by molar-refractivity contribution is 5.93. The molecule has 7 heteroatoms. The first kappa shape index (κ1) is 21.2. The van der Waals surface area contributed by atoms with Crippen molar-refractivity contribution in [2.75, 3.05) is 53.5 Å². The van der Waals surface area contributed by atoms with Crippen molar-refractivity contribution in [1.29, 1.82) is 0 Å². The number of nitrogens with one attached hydrogen (secondary N) is 2. The number of hydrogen-bond acceptors (Lipinski definition) is 4. The van der Waals surface area contributed by atoms with Crippen LogP contribution < -0.4 is 10.6 Å². The summed E-state index contributed by atoms with van der Waals surface area (Å²) in [5, 5.41) is 6.72. The highest BCUT2D eigenvalue weighted by atomic mass is 16.5. The molecule has 0 saturated carbocycles. The number of morpholine rings is 1. The van der Waals surface area contributed by atoms with Gasteiger partial charge in [0.15, 0.2) is 5.96 Å². The molecule has 1 atom stereocenters. The standard InChI is InChI=1S/C20H33N5O2/c1-5-21-20(22-14-16(2)25-10-12-27-13-11-25)23-15-17-6-8-18(9-7-17)19(26)24(3)4/h6-9,16H,5,10-15H2,1-4H3,(H2,21,22,23). The second kappa shape index (κ2) is 10.9. The minimum absolute atomic E-state index is 0.0113. The van der Waals surface area contributed by atoms with Gasteiger partial charge in [0.25, 0.3) is 5.91 Å². The van der Waals surface area contributed by atoms with Crippen molar-refractivity contribution in [3.8, 4) is 0 Å². The number of amides is 1. The molecule has 1 unspecified atom stereocenters. The van der Waals surface area contributed by atoms with Crippen LogP contribution in [-0.4, -0.2) is 81.2 Å². The minimum Gasteiger partial charge on any atom is -0.379 e. The van der Waals surface area contributed by atoms with E-state index in [2.05, 4.69) is 34.4 Å². The molecule has 0 radical (unpaired) electrons. The Kier molecular flexibility index (Phi) is 8.54. The van der Waals surface area contributed by atoms with Crippen molar-refractivity contribution in [2.24, 2.45) is 4.99 Å². The molecule has 0 bridgehead atoms. The quantitative estimate of drug-likeness (QED) is 0.553. The highest BCUT2D eigenvalue weighted by Gasteiger charge is 2.17. The van der Waals surface area contributed by atoms with Crippen LogP contribution in [0.1, 0.15) is 29.8 Å². The van der Waals surface area contributed by atoms with Crippen LogP contribution in [0.25, 0.3) is 0 Å². The number of ether oxygens (including phenoxy) is 1. The number of aliphatic imine (C=N–C) groups is 1. The molecule has 1 aliphatic rings. The molecule has 2 N–H and O–H groups in total. The van der Waals surface area contributed by atoms with Crippen molar-refractivity contribution < 1.29 is 9.53 Å². The van der Waals surface area contributed by atoms with Crippen LogP contribution in [0, 0.1) is 0 Å². The van der Waals surface area contributed by atoms with E-state index in [-0.39, 0.29) is 5.91 Å². The summed E-state index contributed by atoms with van der Waals surface area (Å²) in [5.74, 6) is 0.822. The summed E-state index contributed by atoms with van der Waals surface area (Å²) >= 11 is 0. The average molecular weight is 376 g/mol. The van der Waals surface area contributed by atoms with Gasteiger partial charge in [0.1, 0.15) is 0 Å². The Hall–Kier alpha value is -2.12. The lowest BCUT2D eigenvalue weighted by Crippen LogP contribution is -2.49. The lowest BCUT2D eigenvalue weighted by atomic mass is 10.1. The van der Waals surface area contributed by atoms with Gasteiger partial charge in [-0.1, -0.05) is 12.1 Å². The van der Waals surface area contributed by atoms with E-state index in [1.807, 2.05) is 24.3 Å². The zero-order valence-corrected chi connectivity index (χ0v) is 17.0. The van der Waals surface area contributed by atoms with Gasteiger partial charge in [0.05, 0.1) is 19.8 Å². The van der Waals surface area contributed by atoms with Crippen molar-refractivity contribution >= 4 is 11.9 Å². The van der Waals surface area contributed by atoms with Gasteiger partial charge >= 0.3 is 0 Å². The number of hydrogen-bond donors (Lipinski definition) is 2. The highest BCUT2D eigenvalue weighted by Crippen LogP contribution is 2.08. The Labute approximate surface area is 162 Å². The van der Waals surface area contributed by atoms with E-state index in [0.717, 1.165) is 50.9 Å². The predicted molar refractivity (Wildman–Crippen MR) is 109 cm³/mol. The maximum absolute atomic E-state index is 12.0. The van der Waals surface area contributed by atoms with Crippen LogP contribution in [0.15, 0.2) is 29.3 Å². The molecular weight excluding hydrogens is 342 g/mol. The van der Waals surface area contributed by atoms with E-state index in [1.165, 1.54) is 0 Å². The van der Waals surface area contributed by atoms with Gasteiger partial charge in [0.2, 0.25) is 0 Å².